The number of hydrogen-bond donors (Lipinski definition) is 4. The van der Waals surface area contributed by atoms with Crippen molar-refractivity contribution in [3.05, 3.63) is 41.6 Å². The average molecular weight is 417 g/mol. The third kappa shape index (κ3) is 4.15. The van der Waals surface area contributed by atoms with E-state index in [1.165, 1.54) is 6.07 Å². The van der Waals surface area contributed by atoms with Gasteiger partial charge in [-0.05, 0) is 24.3 Å². The van der Waals surface area contributed by atoms with Crippen LogP contribution in [0.25, 0.3) is 10.9 Å². The Kier molecular flexibility index (Phi) is 5.45. The van der Waals surface area contributed by atoms with Crippen molar-refractivity contribution >= 4 is 22.8 Å². The van der Waals surface area contributed by atoms with Crippen LogP contribution in [0.3, 0.4) is 0 Å². The summed E-state index contributed by atoms with van der Waals surface area (Å²) in [6.07, 6.45) is -14.3. The summed E-state index contributed by atoms with van der Waals surface area (Å²) in [7, 11) is 0. The number of aliphatic hydroxyl groups is 3. The van der Waals surface area contributed by atoms with Crippen molar-refractivity contribution in [1.82, 2.24) is 4.98 Å². The van der Waals surface area contributed by atoms with Crippen LogP contribution in [0.5, 0.6) is 0 Å². The number of pyridine rings is 1. The van der Waals surface area contributed by atoms with E-state index in [0.29, 0.717) is 0 Å². The lowest BCUT2D eigenvalue weighted by molar-refractivity contribution is -0.278. The molecule has 0 radical (unpaired) electrons. The van der Waals surface area contributed by atoms with E-state index in [1.807, 2.05) is 0 Å². The molecule has 0 bridgehead atoms. The molecule has 29 heavy (non-hydrogen) atoms. The lowest BCUT2D eigenvalue weighted by Gasteiger charge is -2.37. The van der Waals surface area contributed by atoms with Gasteiger partial charge in [-0.1, -0.05) is 6.07 Å². The Morgan fingerprint density at radius 3 is 2.34 bits per heavy atom. The van der Waals surface area contributed by atoms with E-state index in [2.05, 4.69) is 4.98 Å². The number of carbonyl (C=O) groups excluding carboxylic acids is 1. The molecule has 0 aliphatic carbocycles. The van der Waals surface area contributed by atoms with Crippen LogP contribution in [0.1, 0.15) is 16.1 Å². The number of alkyl halides is 3. The fraction of sp³-hybridized carbons (Fsp3) is 0.353. The van der Waals surface area contributed by atoms with Gasteiger partial charge in [0.25, 0.3) is 0 Å². The summed E-state index contributed by atoms with van der Waals surface area (Å²) >= 11 is 0. The summed E-state index contributed by atoms with van der Waals surface area (Å²) in [4.78, 5) is 27.2. The summed E-state index contributed by atoms with van der Waals surface area (Å²) in [6.45, 7) is 0. The first-order valence-electron chi connectivity index (χ1n) is 8.10. The van der Waals surface area contributed by atoms with Gasteiger partial charge in [0.1, 0.15) is 24.0 Å². The molecule has 1 saturated heterocycles. The number of nitrogens with zero attached hydrogens (tertiary/aromatic N) is 1. The first-order chi connectivity index (χ1) is 13.5. The van der Waals surface area contributed by atoms with Crippen molar-refractivity contribution in [2.75, 3.05) is 0 Å². The fourth-order valence-corrected chi connectivity index (χ4v) is 2.73. The van der Waals surface area contributed by atoms with Crippen molar-refractivity contribution in [3.63, 3.8) is 0 Å². The van der Waals surface area contributed by atoms with Crippen molar-refractivity contribution in [1.29, 1.82) is 0 Å². The number of hydrogen-bond acceptors (Lipinski definition) is 8. The van der Waals surface area contributed by atoms with E-state index in [-0.39, 0.29) is 16.6 Å². The number of aromatic nitrogens is 1. The second-order valence-corrected chi connectivity index (χ2v) is 6.24. The zero-order valence-electron chi connectivity index (χ0n) is 14.3. The monoisotopic (exact) mass is 417 g/mol. The van der Waals surface area contributed by atoms with Gasteiger partial charge in [-0.15, -0.1) is 0 Å². The summed E-state index contributed by atoms with van der Waals surface area (Å²) in [6, 6.07) is 4.96. The normalized spacial score (nSPS) is 27.6. The summed E-state index contributed by atoms with van der Waals surface area (Å²) in [5.74, 6) is -2.85. The van der Waals surface area contributed by atoms with Crippen LogP contribution in [-0.4, -0.2) is 68.1 Å². The molecule has 5 atom stereocenters. The number of rotatable bonds is 3. The minimum atomic E-state index is -4.55. The van der Waals surface area contributed by atoms with Crippen LogP contribution in [-0.2, 0) is 20.4 Å². The highest BCUT2D eigenvalue weighted by Gasteiger charge is 2.48. The summed E-state index contributed by atoms with van der Waals surface area (Å²) in [5, 5.41) is 38.2. The molecule has 0 amide bonds. The molecule has 1 aliphatic heterocycles. The van der Waals surface area contributed by atoms with Crippen LogP contribution in [0, 0.1) is 0 Å². The highest BCUT2D eigenvalue weighted by atomic mass is 19.4. The Morgan fingerprint density at radius 1 is 1.03 bits per heavy atom. The minimum Gasteiger partial charge on any atom is -0.479 e. The Hall–Kier alpha value is -2.80. The number of carboxylic acids is 1. The highest BCUT2D eigenvalue weighted by molar-refractivity contribution is 5.91. The van der Waals surface area contributed by atoms with E-state index < -0.39 is 54.4 Å². The van der Waals surface area contributed by atoms with Crippen LogP contribution in [0.2, 0.25) is 0 Å². The van der Waals surface area contributed by atoms with Gasteiger partial charge in [0, 0.05) is 5.39 Å². The van der Waals surface area contributed by atoms with Gasteiger partial charge in [-0.25, -0.2) is 14.6 Å². The van der Waals surface area contributed by atoms with Gasteiger partial charge in [-0.3, -0.25) is 0 Å². The molecule has 1 aromatic carbocycles. The number of fused-ring (bicyclic) bond motifs is 1. The number of aliphatic carboxylic acids is 1. The Morgan fingerprint density at radius 2 is 1.72 bits per heavy atom. The van der Waals surface area contributed by atoms with Crippen molar-refractivity contribution < 1.29 is 52.7 Å². The van der Waals surface area contributed by atoms with Gasteiger partial charge in [0.05, 0.1) is 11.1 Å². The molecule has 0 saturated carbocycles. The predicted octanol–water partition coefficient (Wildman–Crippen LogP) is 0.303. The molecule has 2 heterocycles. The van der Waals surface area contributed by atoms with Gasteiger partial charge >= 0.3 is 18.1 Å². The highest BCUT2D eigenvalue weighted by Crippen LogP contribution is 2.31. The molecule has 9 nitrogen and oxygen atoms in total. The smallest absolute Gasteiger partial charge is 0.416 e. The summed E-state index contributed by atoms with van der Waals surface area (Å²) in [5.41, 5.74) is -1.20. The zero-order valence-corrected chi connectivity index (χ0v) is 14.3. The molecule has 5 unspecified atom stereocenters. The topological polar surface area (TPSA) is 146 Å². The maximum atomic E-state index is 12.8. The first kappa shape index (κ1) is 20.9. The molecular weight excluding hydrogens is 403 g/mol. The molecule has 1 fully saturated rings. The van der Waals surface area contributed by atoms with Gasteiger partial charge in [0.15, 0.2) is 6.10 Å². The van der Waals surface area contributed by atoms with Crippen LogP contribution in [0.4, 0.5) is 13.2 Å². The zero-order chi connectivity index (χ0) is 21.5. The van der Waals surface area contributed by atoms with E-state index in [4.69, 9.17) is 14.6 Å². The number of aliphatic hydroxyl groups excluding tert-OH is 3. The van der Waals surface area contributed by atoms with Gasteiger partial charge in [0.2, 0.25) is 6.29 Å². The van der Waals surface area contributed by atoms with Gasteiger partial charge in [-0.2, -0.15) is 13.2 Å². The average Bonchev–Trinajstić information content (AvgIpc) is 2.66. The molecule has 1 aliphatic rings. The third-order valence-corrected chi connectivity index (χ3v) is 4.26. The largest absolute Gasteiger partial charge is 0.479 e. The number of halogens is 3. The Labute approximate surface area is 159 Å². The SMILES string of the molecule is O=C(OC1OC(C(=O)O)C(O)C(O)C1O)c1ccc2cc(C(F)(F)F)ccc2n1. The fourth-order valence-electron chi connectivity index (χ4n) is 2.73. The number of carbonyl (C=O) groups is 2. The molecule has 0 spiro atoms. The number of carboxylic acid groups (broad SMARTS) is 1. The summed E-state index contributed by atoms with van der Waals surface area (Å²) < 4.78 is 47.9. The number of benzene rings is 1. The molecule has 2 aromatic rings. The van der Waals surface area contributed by atoms with E-state index >= 15 is 0 Å². The van der Waals surface area contributed by atoms with E-state index in [1.54, 1.807) is 0 Å². The van der Waals surface area contributed by atoms with E-state index in [9.17, 15) is 38.1 Å². The predicted molar refractivity (Wildman–Crippen MR) is 86.5 cm³/mol. The van der Waals surface area contributed by atoms with Crippen LogP contribution < -0.4 is 0 Å². The van der Waals surface area contributed by atoms with Crippen LogP contribution >= 0.6 is 0 Å². The second-order valence-electron chi connectivity index (χ2n) is 6.24. The van der Waals surface area contributed by atoms with Crippen molar-refractivity contribution in [2.24, 2.45) is 0 Å². The lowest BCUT2D eigenvalue weighted by Crippen LogP contribution is -2.60. The maximum Gasteiger partial charge on any atom is 0.416 e. The van der Waals surface area contributed by atoms with Crippen molar-refractivity contribution in [3.8, 4) is 0 Å². The molecule has 3 rings (SSSR count). The van der Waals surface area contributed by atoms with Crippen LogP contribution in [0.15, 0.2) is 30.3 Å². The number of ether oxygens (including phenoxy) is 2. The molecule has 12 heteroatoms. The molecular formula is C17H14F3NO8. The van der Waals surface area contributed by atoms with Gasteiger partial charge < -0.3 is 29.9 Å². The van der Waals surface area contributed by atoms with Crippen molar-refractivity contribution in [2.45, 2.75) is 36.9 Å². The first-order valence-corrected chi connectivity index (χ1v) is 8.10. The number of esters is 1. The molecule has 1 aromatic heterocycles. The molecule has 156 valence electrons. The quantitative estimate of drug-likeness (QED) is 0.518. The second kappa shape index (κ2) is 7.55. The van der Waals surface area contributed by atoms with E-state index in [0.717, 1.165) is 24.3 Å². The maximum absolute atomic E-state index is 12.8. The Balaban J connectivity index is 1.81. The Bertz CT molecular complexity index is 950. The third-order valence-electron chi connectivity index (χ3n) is 4.26. The lowest BCUT2D eigenvalue weighted by atomic mass is 9.99. The standard InChI is InChI=1S/C17H14F3NO8/c18-17(19,20)7-2-4-8-6(5-7)1-3-9(21-8)15(27)29-16-12(24)10(22)11(23)13(28-16)14(25)26/h1-5,10-13,16,22-24H,(H,25,26). The molecule has 4 N–H and O–H groups in total. The minimum absolute atomic E-state index is 0.0523.